The number of benzene rings is 12. The number of anilines is 3. The summed E-state index contributed by atoms with van der Waals surface area (Å²) in [6, 6.07) is 105. The maximum atomic E-state index is 2.45. The highest BCUT2D eigenvalue weighted by atomic mass is 32.1. The first-order chi connectivity index (χ1) is 36.2. The van der Waals surface area contributed by atoms with Crippen molar-refractivity contribution in [2.75, 3.05) is 4.90 Å². The molecule has 2 heteroatoms. The van der Waals surface area contributed by atoms with Gasteiger partial charge < -0.3 is 4.90 Å². The van der Waals surface area contributed by atoms with Gasteiger partial charge in [0.1, 0.15) is 0 Å². The average molecular weight is 946 g/mol. The van der Waals surface area contributed by atoms with Crippen molar-refractivity contribution in [2.24, 2.45) is 0 Å². The van der Waals surface area contributed by atoms with E-state index in [2.05, 4.69) is 290 Å². The van der Waals surface area contributed by atoms with Gasteiger partial charge in [-0.05, 0) is 143 Å². The molecule has 0 amide bonds. The smallest absolute Gasteiger partial charge is 0.0713 e. The van der Waals surface area contributed by atoms with Crippen LogP contribution in [-0.4, -0.2) is 0 Å². The third kappa shape index (κ3) is 7.13. The molecule has 0 N–H and O–H groups in total. The number of hydrogen-bond acceptors (Lipinski definition) is 2. The molecule has 0 bridgehead atoms. The molecule has 12 aromatic carbocycles. The van der Waals surface area contributed by atoms with Crippen molar-refractivity contribution in [2.45, 2.75) is 5.41 Å². The van der Waals surface area contributed by atoms with Gasteiger partial charge in [0.2, 0.25) is 0 Å². The van der Waals surface area contributed by atoms with E-state index in [9.17, 15) is 0 Å². The van der Waals surface area contributed by atoms with E-state index in [0.29, 0.717) is 0 Å². The fourth-order valence-corrected chi connectivity index (χ4v) is 13.0. The molecule has 0 aliphatic heterocycles. The van der Waals surface area contributed by atoms with Crippen molar-refractivity contribution in [3.63, 3.8) is 0 Å². The molecule has 0 spiro atoms. The van der Waals surface area contributed by atoms with E-state index in [0.717, 1.165) is 17.1 Å². The van der Waals surface area contributed by atoms with Crippen LogP contribution in [0.1, 0.15) is 22.3 Å². The Morgan fingerprint density at radius 1 is 0.274 bits per heavy atom. The van der Waals surface area contributed by atoms with E-state index in [4.69, 9.17) is 0 Å². The van der Waals surface area contributed by atoms with Crippen LogP contribution in [0.4, 0.5) is 17.1 Å². The van der Waals surface area contributed by atoms with Crippen LogP contribution < -0.4 is 4.90 Å². The van der Waals surface area contributed by atoms with Gasteiger partial charge in [-0.3, -0.25) is 0 Å². The van der Waals surface area contributed by atoms with Crippen LogP contribution in [0, 0.1) is 0 Å². The molecule has 0 saturated carbocycles. The van der Waals surface area contributed by atoms with Gasteiger partial charge in [-0.25, -0.2) is 0 Å². The Hall–Kier alpha value is -9.08. The van der Waals surface area contributed by atoms with Crippen molar-refractivity contribution in [3.05, 3.63) is 307 Å². The summed E-state index contributed by atoms with van der Waals surface area (Å²) in [5.74, 6) is 0. The molecule has 0 atom stereocenters. The lowest BCUT2D eigenvalue weighted by Gasteiger charge is -2.34. The van der Waals surface area contributed by atoms with E-state index in [1.54, 1.807) is 0 Å². The van der Waals surface area contributed by atoms with Crippen LogP contribution in [0.2, 0.25) is 0 Å². The largest absolute Gasteiger partial charge is 0.311 e. The van der Waals surface area contributed by atoms with Crippen LogP contribution in [0.25, 0.3) is 86.6 Å². The fraction of sp³-hybridized carbons (Fsp3) is 0.0141. The highest BCUT2D eigenvalue weighted by Gasteiger charge is 2.46. The van der Waals surface area contributed by atoms with E-state index < -0.39 is 5.41 Å². The summed E-state index contributed by atoms with van der Waals surface area (Å²) in [6.07, 6.45) is 0. The molecule has 0 unspecified atom stereocenters. The second-order valence-corrected chi connectivity index (χ2v) is 20.2. The molecule has 0 fully saturated rings. The highest BCUT2D eigenvalue weighted by molar-refractivity contribution is 7.26. The van der Waals surface area contributed by atoms with E-state index in [-0.39, 0.29) is 0 Å². The van der Waals surface area contributed by atoms with Gasteiger partial charge in [0, 0.05) is 37.2 Å². The second kappa shape index (κ2) is 17.6. The van der Waals surface area contributed by atoms with Crippen molar-refractivity contribution >= 4 is 59.3 Å². The van der Waals surface area contributed by atoms with Gasteiger partial charge in [0.25, 0.3) is 0 Å². The summed E-state index contributed by atoms with van der Waals surface area (Å²) in [6.45, 7) is 0. The SMILES string of the molecule is c1ccc(C2(c3ccccc3)c3ccccc3-c3ccc(-c4ccc(N(c5ccc(-c6cccc(-c7cccc8c7sc7ccccc78)c6)cc5)c5ccc(-c6cccc7ccccc67)cc5)cc4)cc32)cc1. The zero-order valence-corrected chi connectivity index (χ0v) is 40.8. The summed E-state index contributed by atoms with van der Waals surface area (Å²) in [7, 11) is 0. The molecule has 1 nitrogen and oxygen atoms in total. The molecular formula is C71H47NS. The minimum atomic E-state index is -0.458. The quantitative estimate of drug-likeness (QED) is 0.139. The zero-order chi connectivity index (χ0) is 48.3. The minimum Gasteiger partial charge on any atom is -0.311 e. The molecular weight excluding hydrogens is 899 g/mol. The standard InChI is InChI=1S/C71H47NS/c1-3-20-55(21-4-1)71(56-22-5-2-6-23-56)67-30-11-9-25-63(67)64-45-38-53(47-68(64)71)49-34-41-58(42-35-49)72(59-43-36-51(37-44-59)61-27-14-17-50-16-7-8-24-60(50)61)57-39-32-48(33-40-57)52-18-13-19-54(46-52)62-28-15-29-66-65-26-10-12-31-69(65)73-70(62)66/h1-47H. The first-order valence-electron chi connectivity index (χ1n) is 25.1. The summed E-state index contributed by atoms with van der Waals surface area (Å²) < 4.78 is 2.65. The minimum absolute atomic E-state index is 0.458. The van der Waals surface area contributed by atoms with Crippen molar-refractivity contribution in [1.29, 1.82) is 0 Å². The van der Waals surface area contributed by atoms with Gasteiger partial charge in [0.05, 0.1) is 5.41 Å². The van der Waals surface area contributed by atoms with E-state index in [1.807, 2.05) is 11.3 Å². The number of thiophene rings is 1. The van der Waals surface area contributed by atoms with Crippen LogP contribution in [-0.2, 0) is 5.41 Å². The normalized spacial score (nSPS) is 12.5. The van der Waals surface area contributed by atoms with Crippen LogP contribution >= 0.6 is 11.3 Å². The number of rotatable bonds is 9. The Labute approximate surface area is 430 Å². The molecule has 13 aromatic rings. The molecule has 1 aromatic heterocycles. The zero-order valence-electron chi connectivity index (χ0n) is 40.0. The first-order valence-corrected chi connectivity index (χ1v) is 26.0. The Kier molecular flexibility index (Phi) is 10.3. The van der Waals surface area contributed by atoms with Gasteiger partial charge in [-0.1, -0.05) is 231 Å². The Bertz CT molecular complexity index is 4130. The average Bonchev–Trinajstić information content (AvgIpc) is 4.00. The maximum absolute atomic E-state index is 2.45. The number of hydrogen-bond donors (Lipinski definition) is 0. The summed E-state index contributed by atoms with van der Waals surface area (Å²) in [5, 5.41) is 5.14. The van der Waals surface area contributed by atoms with E-state index in [1.165, 1.54) is 109 Å². The molecule has 0 saturated heterocycles. The predicted octanol–water partition coefficient (Wildman–Crippen LogP) is 19.7. The topological polar surface area (TPSA) is 3.24 Å². The molecule has 73 heavy (non-hydrogen) atoms. The van der Waals surface area contributed by atoms with Crippen LogP contribution in [0.3, 0.4) is 0 Å². The summed E-state index contributed by atoms with van der Waals surface area (Å²) in [4.78, 5) is 2.38. The van der Waals surface area contributed by atoms with Gasteiger partial charge in [-0.15, -0.1) is 11.3 Å². The molecule has 342 valence electrons. The first kappa shape index (κ1) is 42.8. The second-order valence-electron chi connectivity index (χ2n) is 19.2. The molecule has 0 radical (unpaired) electrons. The molecule has 1 heterocycles. The van der Waals surface area contributed by atoms with Crippen LogP contribution in [0.5, 0.6) is 0 Å². The molecule has 1 aliphatic carbocycles. The van der Waals surface area contributed by atoms with Crippen LogP contribution in [0.15, 0.2) is 285 Å². The van der Waals surface area contributed by atoms with Gasteiger partial charge >= 0.3 is 0 Å². The van der Waals surface area contributed by atoms with Crippen molar-refractivity contribution in [3.8, 4) is 55.6 Å². The number of nitrogens with zero attached hydrogens (tertiary/aromatic N) is 1. The Morgan fingerprint density at radius 2 is 0.753 bits per heavy atom. The molecule has 14 rings (SSSR count). The summed E-state index contributed by atoms with van der Waals surface area (Å²) in [5.41, 5.74) is 20.2. The fourth-order valence-electron chi connectivity index (χ4n) is 11.8. The molecule has 1 aliphatic rings. The van der Waals surface area contributed by atoms with Gasteiger partial charge in [0.15, 0.2) is 0 Å². The summed E-state index contributed by atoms with van der Waals surface area (Å²) >= 11 is 1.88. The monoisotopic (exact) mass is 945 g/mol. The Morgan fingerprint density at radius 3 is 1.47 bits per heavy atom. The third-order valence-electron chi connectivity index (χ3n) is 15.2. The van der Waals surface area contributed by atoms with Crippen molar-refractivity contribution in [1.82, 2.24) is 0 Å². The van der Waals surface area contributed by atoms with Gasteiger partial charge in [-0.2, -0.15) is 0 Å². The predicted molar refractivity (Wildman–Crippen MR) is 311 cm³/mol. The Balaban J connectivity index is 0.849. The lowest BCUT2D eigenvalue weighted by molar-refractivity contribution is 0.769. The third-order valence-corrected chi connectivity index (χ3v) is 16.4. The lowest BCUT2D eigenvalue weighted by atomic mass is 9.67. The maximum Gasteiger partial charge on any atom is 0.0713 e. The highest BCUT2D eigenvalue weighted by Crippen LogP contribution is 2.57. The lowest BCUT2D eigenvalue weighted by Crippen LogP contribution is -2.28. The van der Waals surface area contributed by atoms with E-state index >= 15 is 0 Å². The number of fused-ring (bicyclic) bond motifs is 7. The van der Waals surface area contributed by atoms with Crippen molar-refractivity contribution < 1.29 is 0 Å².